The molecule has 0 spiro atoms. The molecule has 1 aromatic rings. The van der Waals surface area contributed by atoms with Gasteiger partial charge in [-0.3, -0.25) is 0 Å². The summed E-state index contributed by atoms with van der Waals surface area (Å²) in [5.74, 6) is 3.91. The Morgan fingerprint density at radius 3 is 2.53 bits per heavy atom. The van der Waals surface area contributed by atoms with Gasteiger partial charge in [0.25, 0.3) is 0 Å². The molecule has 0 aromatic carbocycles. The third-order valence-corrected chi connectivity index (χ3v) is 3.69. The first-order valence-corrected chi connectivity index (χ1v) is 7.49. The maximum Gasteiger partial charge on any atom is 0.137 e. The molecule has 4 nitrogen and oxygen atoms in total. The number of hydrogen-bond donors (Lipinski definition) is 1. The minimum Gasteiger partial charge on any atom is -0.373 e. The van der Waals surface area contributed by atoms with E-state index in [1.54, 1.807) is 0 Å². The van der Waals surface area contributed by atoms with Crippen LogP contribution in [0, 0.1) is 12.8 Å². The average molecular weight is 262 g/mol. The summed E-state index contributed by atoms with van der Waals surface area (Å²) < 4.78 is 0. The van der Waals surface area contributed by atoms with Crippen LogP contribution in [0.4, 0.5) is 11.6 Å². The third kappa shape index (κ3) is 3.37. The van der Waals surface area contributed by atoms with Gasteiger partial charge in [-0.1, -0.05) is 13.8 Å². The molecular formula is C15H26N4. The lowest BCUT2D eigenvalue weighted by atomic mass is 10.2. The first-order chi connectivity index (χ1) is 9.19. The van der Waals surface area contributed by atoms with Gasteiger partial charge in [0.15, 0.2) is 0 Å². The van der Waals surface area contributed by atoms with E-state index in [0.717, 1.165) is 49.3 Å². The van der Waals surface area contributed by atoms with Gasteiger partial charge < -0.3 is 10.2 Å². The highest BCUT2D eigenvalue weighted by Crippen LogP contribution is 2.32. The van der Waals surface area contributed by atoms with Gasteiger partial charge in [0.1, 0.15) is 17.5 Å². The van der Waals surface area contributed by atoms with E-state index >= 15 is 0 Å². The molecule has 0 saturated heterocycles. The van der Waals surface area contributed by atoms with E-state index in [1.807, 2.05) is 7.05 Å². The molecule has 1 saturated carbocycles. The second-order valence-corrected chi connectivity index (χ2v) is 5.43. The summed E-state index contributed by atoms with van der Waals surface area (Å²) in [6, 6.07) is 0. The Morgan fingerprint density at radius 1 is 1.26 bits per heavy atom. The molecule has 0 amide bonds. The Morgan fingerprint density at radius 2 is 2.00 bits per heavy atom. The van der Waals surface area contributed by atoms with Gasteiger partial charge in [-0.2, -0.15) is 0 Å². The summed E-state index contributed by atoms with van der Waals surface area (Å²) in [7, 11) is 1.93. The Kier molecular flexibility index (Phi) is 4.61. The zero-order valence-electron chi connectivity index (χ0n) is 12.7. The van der Waals surface area contributed by atoms with Crippen LogP contribution in [0.15, 0.2) is 0 Å². The van der Waals surface area contributed by atoms with Crippen molar-refractivity contribution in [3.8, 4) is 0 Å². The maximum atomic E-state index is 4.77. The van der Waals surface area contributed by atoms with E-state index in [-0.39, 0.29) is 0 Å². The van der Waals surface area contributed by atoms with E-state index in [1.165, 1.54) is 18.4 Å². The standard InChI is InChI=1S/C15H26N4/c1-5-9-19(10-12-7-8-12)15-11(3)14(16-4)17-13(6-2)18-15/h12H,5-10H2,1-4H3,(H,16,17,18). The zero-order valence-corrected chi connectivity index (χ0v) is 12.7. The summed E-state index contributed by atoms with van der Waals surface area (Å²) in [5.41, 5.74) is 1.17. The maximum absolute atomic E-state index is 4.77. The van der Waals surface area contributed by atoms with Gasteiger partial charge >= 0.3 is 0 Å². The molecule has 1 aromatic heterocycles. The summed E-state index contributed by atoms with van der Waals surface area (Å²) in [6.45, 7) is 8.70. The Bertz CT molecular complexity index is 426. The second-order valence-electron chi connectivity index (χ2n) is 5.43. The van der Waals surface area contributed by atoms with Crippen molar-refractivity contribution in [1.29, 1.82) is 0 Å². The fourth-order valence-corrected chi connectivity index (χ4v) is 2.42. The number of rotatable bonds is 7. The van der Waals surface area contributed by atoms with Crippen LogP contribution in [0.2, 0.25) is 0 Å². The minimum absolute atomic E-state index is 0.879. The molecule has 1 fully saturated rings. The lowest BCUT2D eigenvalue weighted by Crippen LogP contribution is -2.29. The van der Waals surface area contributed by atoms with Gasteiger partial charge in [-0.15, -0.1) is 0 Å². The van der Waals surface area contributed by atoms with Gasteiger partial charge in [0.2, 0.25) is 0 Å². The quantitative estimate of drug-likeness (QED) is 0.820. The van der Waals surface area contributed by atoms with Gasteiger partial charge in [-0.05, 0) is 32.1 Å². The molecule has 2 rings (SSSR count). The Balaban J connectivity index is 2.32. The third-order valence-electron chi connectivity index (χ3n) is 3.69. The van der Waals surface area contributed by atoms with Crippen LogP contribution in [-0.2, 0) is 6.42 Å². The van der Waals surface area contributed by atoms with Crippen LogP contribution in [0.3, 0.4) is 0 Å². The van der Waals surface area contributed by atoms with Crippen molar-refractivity contribution in [3.05, 3.63) is 11.4 Å². The smallest absolute Gasteiger partial charge is 0.137 e. The van der Waals surface area contributed by atoms with Crippen LogP contribution < -0.4 is 10.2 Å². The van der Waals surface area contributed by atoms with Crippen LogP contribution >= 0.6 is 0 Å². The monoisotopic (exact) mass is 262 g/mol. The van der Waals surface area contributed by atoms with Gasteiger partial charge in [0, 0.05) is 32.1 Å². The molecule has 0 bridgehead atoms. The van der Waals surface area contributed by atoms with Crippen molar-refractivity contribution in [2.24, 2.45) is 5.92 Å². The first kappa shape index (κ1) is 14.1. The SMILES string of the molecule is CCCN(CC1CC1)c1nc(CC)nc(NC)c1C. The summed E-state index contributed by atoms with van der Waals surface area (Å²) in [4.78, 5) is 11.8. The molecule has 19 heavy (non-hydrogen) atoms. The molecule has 1 N–H and O–H groups in total. The van der Waals surface area contributed by atoms with Crippen LogP contribution in [0.25, 0.3) is 0 Å². The molecular weight excluding hydrogens is 236 g/mol. The topological polar surface area (TPSA) is 41.1 Å². The average Bonchev–Trinajstić information content (AvgIpc) is 3.22. The molecule has 0 atom stereocenters. The second kappa shape index (κ2) is 6.22. The lowest BCUT2D eigenvalue weighted by Gasteiger charge is -2.26. The normalized spacial score (nSPS) is 14.5. The summed E-state index contributed by atoms with van der Waals surface area (Å²) in [5, 5.41) is 3.20. The van der Waals surface area contributed by atoms with E-state index in [9.17, 15) is 0 Å². The van der Waals surface area contributed by atoms with Crippen LogP contribution in [0.5, 0.6) is 0 Å². The Hall–Kier alpha value is -1.32. The highest BCUT2D eigenvalue weighted by Gasteiger charge is 2.26. The molecule has 0 unspecified atom stereocenters. The highest BCUT2D eigenvalue weighted by atomic mass is 15.2. The largest absolute Gasteiger partial charge is 0.373 e. The molecule has 1 heterocycles. The van der Waals surface area contributed by atoms with Crippen molar-refractivity contribution in [1.82, 2.24) is 9.97 Å². The number of anilines is 2. The molecule has 4 heteroatoms. The van der Waals surface area contributed by atoms with Crippen molar-refractivity contribution < 1.29 is 0 Å². The minimum atomic E-state index is 0.879. The van der Waals surface area contributed by atoms with Crippen molar-refractivity contribution >= 4 is 11.6 Å². The van der Waals surface area contributed by atoms with Crippen molar-refractivity contribution in [3.63, 3.8) is 0 Å². The lowest BCUT2D eigenvalue weighted by molar-refractivity contribution is 0.692. The molecule has 1 aliphatic carbocycles. The van der Waals surface area contributed by atoms with Crippen molar-refractivity contribution in [2.45, 2.75) is 46.5 Å². The van der Waals surface area contributed by atoms with E-state index in [2.05, 4.69) is 36.0 Å². The highest BCUT2D eigenvalue weighted by molar-refractivity contribution is 5.58. The summed E-state index contributed by atoms with van der Waals surface area (Å²) in [6.07, 6.45) is 4.80. The predicted octanol–water partition coefficient (Wildman–Crippen LogP) is 3.02. The van der Waals surface area contributed by atoms with E-state index in [0.29, 0.717) is 0 Å². The number of nitrogens with one attached hydrogen (secondary N) is 1. The fourth-order valence-electron chi connectivity index (χ4n) is 2.42. The van der Waals surface area contributed by atoms with Crippen LogP contribution in [0.1, 0.15) is 44.5 Å². The molecule has 0 aliphatic heterocycles. The molecule has 106 valence electrons. The van der Waals surface area contributed by atoms with Gasteiger partial charge in [0.05, 0.1) is 0 Å². The number of aromatic nitrogens is 2. The molecule has 0 radical (unpaired) electrons. The summed E-state index contributed by atoms with van der Waals surface area (Å²) >= 11 is 0. The van der Waals surface area contributed by atoms with E-state index < -0.39 is 0 Å². The van der Waals surface area contributed by atoms with Gasteiger partial charge in [-0.25, -0.2) is 9.97 Å². The number of nitrogens with zero attached hydrogens (tertiary/aromatic N) is 3. The fraction of sp³-hybridized carbons (Fsp3) is 0.733. The van der Waals surface area contributed by atoms with Crippen molar-refractivity contribution in [2.75, 3.05) is 30.4 Å². The number of aryl methyl sites for hydroxylation is 1. The Labute approximate surface area is 116 Å². The first-order valence-electron chi connectivity index (χ1n) is 7.49. The molecule has 1 aliphatic rings. The van der Waals surface area contributed by atoms with Crippen LogP contribution in [-0.4, -0.2) is 30.1 Å². The number of hydrogen-bond acceptors (Lipinski definition) is 4. The predicted molar refractivity (Wildman–Crippen MR) is 80.9 cm³/mol. The zero-order chi connectivity index (χ0) is 13.8. The van der Waals surface area contributed by atoms with E-state index in [4.69, 9.17) is 4.98 Å².